The van der Waals surface area contributed by atoms with Crippen LogP contribution in [0.25, 0.3) is 0 Å². The van der Waals surface area contributed by atoms with E-state index in [1.54, 1.807) is 7.11 Å². The van der Waals surface area contributed by atoms with E-state index >= 15 is 0 Å². The molecule has 68 valence electrons. The Bertz CT molecular complexity index is 192. The monoisotopic (exact) mass is 167 g/mol. The summed E-state index contributed by atoms with van der Waals surface area (Å²) in [6.07, 6.45) is 1.25. The van der Waals surface area contributed by atoms with Gasteiger partial charge in [0.25, 0.3) is 0 Å². The van der Waals surface area contributed by atoms with Crippen molar-refractivity contribution in [2.75, 3.05) is 27.2 Å². The Balaban J connectivity index is 2.61. The van der Waals surface area contributed by atoms with Crippen molar-refractivity contribution in [1.82, 2.24) is 4.90 Å². The number of nitrogens with zero attached hydrogens (tertiary/aromatic N) is 1. The van der Waals surface area contributed by atoms with Crippen molar-refractivity contribution in [2.24, 2.45) is 5.92 Å². The third-order valence-electron chi connectivity index (χ3n) is 2.30. The van der Waals surface area contributed by atoms with Gasteiger partial charge in [-0.15, -0.1) is 5.92 Å². The lowest BCUT2D eigenvalue weighted by atomic mass is 10.0. The lowest BCUT2D eigenvalue weighted by molar-refractivity contribution is 0.0487. The fraction of sp³-hybridized carbons (Fsp3) is 0.800. The minimum atomic E-state index is 0.266. The quantitative estimate of drug-likeness (QED) is 0.540. The van der Waals surface area contributed by atoms with E-state index in [9.17, 15) is 0 Å². The molecule has 2 heteroatoms. The number of rotatable bonds is 1. The predicted octanol–water partition coefficient (Wildman–Crippen LogP) is 0.976. The van der Waals surface area contributed by atoms with E-state index in [1.807, 2.05) is 0 Å². The Morgan fingerprint density at radius 1 is 1.50 bits per heavy atom. The summed E-state index contributed by atoms with van der Waals surface area (Å²) >= 11 is 0. The van der Waals surface area contributed by atoms with E-state index in [-0.39, 0.29) is 6.10 Å². The van der Waals surface area contributed by atoms with E-state index in [4.69, 9.17) is 4.74 Å². The van der Waals surface area contributed by atoms with E-state index in [1.165, 1.54) is 0 Å². The Morgan fingerprint density at radius 2 is 2.25 bits per heavy atom. The van der Waals surface area contributed by atoms with Gasteiger partial charge in [0.1, 0.15) is 0 Å². The van der Waals surface area contributed by atoms with Gasteiger partial charge in [0.05, 0.1) is 6.10 Å². The molecule has 0 spiro atoms. The van der Waals surface area contributed by atoms with Gasteiger partial charge in [-0.3, -0.25) is 0 Å². The van der Waals surface area contributed by atoms with Crippen molar-refractivity contribution in [3.8, 4) is 11.8 Å². The van der Waals surface area contributed by atoms with Gasteiger partial charge in [0, 0.05) is 32.5 Å². The second kappa shape index (κ2) is 4.49. The molecule has 1 heterocycles. The normalized spacial score (nSPS) is 31.6. The lowest BCUT2D eigenvalue weighted by Crippen LogP contribution is -2.35. The van der Waals surface area contributed by atoms with E-state index in [0.29, 0.717) is 5.92 Å². The Kier molecular flexibility index (Phi) is 3.58. The first-order chi connectivity index (χ1) is 5.74. The van der Waals surface area contributed by atoms with Crippen LogP contribution in [0.15, 0.2) is 0 Å². The number of likely N-dealkylation sites (N-methyl/N-ethyl adjacent to an activating group) is 1. The number of hydrogen-bond acceptors (Lipinski definition) is 2. The van der Waals surface area contributed by atoms with Crippen molar-refractivity contribution in [1.29, 1.82) is 0 Å². The highest BCUT2D eigenvalue weighted by Crippen LogP contribution is 2.09. The molecule has 0 saturated carbocycles. The summed E-state index contributed by atoms with van der Waals surface area (Å²) < 4.78 is 5.37. The average Bonchev–Trinajstić information content (AvgIpc) is 2.05. The first-order valence-electron chi connectivity index (χ1n) is 4.43. The molecule has 0 aromatic heterocycles. The van der Waals surface area contributed by atoms with Crippen molar-refractivity contribution < 1.29 is 4.74 Å². The minimum Gasteiger partial charge on any atom is -0.379 e. The van der Waals surface area contributed by atoms with Crippen LogP contribution in [0.4, 0.5) is 0 Å². The van der Waals surface area contributed by atoms with Crippen LogP contribution >= 0.6 is 0 Å². The lowest BCUT2D eigenvalue weighted by Gasteiger charge is -2.26. The van der Waals surface area contributed by atoms with Gasteiger partial charge < -0.3 is 9.64 Å². The SMILES string of the molecule is COC1CN(C)CCC#CC1C. The van der Waals surface area contributed by atoms with E-state index in [0.717, 1.165) is 19.5 Å². The second-order valence-electron chi connectivity index (χ2n) is 3.40. The zero-order valence-corrected chi connectivity index (χ0v) is 8.13. The van der Waals surface area contributed by atoms with Crippen LogP contribution in [0.1, 0.15) is 13.3 Å². The molecule has 1 rings (SSSR count). The first-order valence-corrected chi connectivity index (χ1v) is 4.43. The maximum Gasteiger partial charge on any atom is 0.0832 e. The second-order valence-corrected chi connectivity index (χ2v) is 3.40. The summed E-state index contributed by atoms with van der Waals surface area (Å²) in [5.74, 6) is 6.72. The maximum absolute atomic E-state index is 5.37. The van der Waals surface area contributed by atoms with Crippen LogP contribution in [-0.2, 0) is 4.74 Å². The third kappa shape index (κ3) is 2.51. The molecule has 12 heavy (non-hydrogen) atoms. The summed E-state index contributed by atoms with van der Waals surface area (Å²) in [5, 5.41) is 0. The maximum atomic E-state index is 5.37. The molecule has 2 nitrogen and oxygen atoms in total. The molecule has 2 atom stereocenters. The first kappa shape index (κ1) is 9.57. The third-order valence-corrected chi connectivity index (χ3v) is 2.30. The summed E-state index contributed by atoms with van der Waals surface area (Å²) in [6, 6.07) is 0. The van der Waals surface area contributed by atoms with Gasteiger partial charge in [-0.05, 0) is 14.0 Å². The molecule has 0 aromatic carbocycles. The molecule has 0 fully saturated rings. The minimum absolute atomic E-state index is 0.266. The summed E-state index contributed by atoms with van der Waals surface area (Å²) in [6.45, 7) is 4.17. The van der Waals surface area contributed by atoms with Gasteiger partial charge in [-0.2, -0.15) is 0 Å². The number of ether oxygens (including phenoxy) is 1. The van der Waals surface area contributed by atoms with Crippen molar-refractivity contribution >= 4 is 0 Å². The molecule has 0 radical (unpaired) electrons. The number of methoxy groups -OCH3 is 1. The standard InChI is InChI=1S/C10H17NO/c1-9-6-4-5-7-11(2)8-10(9)12-3/h9-10H,5,7-8H2,1-3H3. The fourth-order valence-electron chi connectivity index (χ4n) is 1.41. The molecular weight excluding hydrogens is 150 g/mol. The Hall–Kier alpha value is -0.520. The molecule has 1 aliphatic heterocycles. The van der Waals surface area contributed by atoms with E-state index in [2.05, 4.69) is 30.7 Å². The average molecular weight is 167 g/mol. The largest absolute Gasteiger partial charge is 0.379 e. The summed E-state index contributed by atoms with van der Waals surface area (Å²) in [5.41, 5.74) is 0. The van der Waals surface area contributed by atoms with Crippen LogP contribution in [0.5, 0.6) is 0 Å². The van der Waals surface area contributed by atoms with Crippen LogP contribution in [-0.4, -0.2) is 38.3 Å². The van der Waals surface area contributed by atoms with Crippen molar-refractivity contribution in [2.45, 2.75) is 19.4 Å². The van der Waals surface area contributed by atoms with Crippen LogP contribution in [0.2, 0.25) is 0 Å². The van der Waals surface area contributed by atoms with Crippen molar-refractivity contribution in [3.63, 3.8) is 0 Å². The summed E-state index contributed by atoms with van der Waals surface area (Å²) in [4.78, 5) is 2.28. The molecular formula is C10H17NO. The Morgan fingerprint density at radius 3 is 2.92 bits per heavy atom. The highest BCUT2D eigenvalue weighted by Gasteiger charge is 2.17. The molecule has 0 N–H and O–H groups in total. The molecule has 0 aromatic rings. The highest BCUT2D eigenvalue weighted by molar-refractivity contribution is 5.06. The molecule has 0 amide bonds. The Labute approximate surface area is 74.9 Å². The van der Waals surface area contributed by atoms with Gasteiger partial charge in [0.2, 0.25) is 0 Å². The van der Waals surface area contributed by atoms with E-state index < -0.39 is 0 Å². The topological polar surface area (TPSA) is 12.5 Å². The van der Waals surface area contributed by atoms with Crippen LogP contribution < -0.4 is 0 Å². The fourth-order valence-corrected chi connectivity index (χ4v) is 1.41. The van der Waals surface area contributed by atoms with Crippen LogP contribution in [0.3, 0.4) is 0 Å². The van der Waals surface area contributed by atoms with Gasteiger partial charge in [0.15, 0.2) is 0 Å². The highest BCUT2D eigenvalue weighted by atomic mass is 16.5. The molecule has 1 aliphatic rings. The van der Waals surface area contributed by atoms with Gasteiger partial charge >= 0.3 is 0 Å². The van der Waals surface area contributed by atoms with Gasteiger partial charge in [-0.1, -0.05) is 5.92 Å². The molecule has 0 saturated heterocycles. The molecule has 0 aliphatic carbocycles. The predicted molar refractivity (Wildman–Crippen MR) is 49.9 cm³/mol. The zero-order valence-electron chi connectivity index (χ0n) is 8.13. The van der Waals surface area contributed by atoms with Crippen LogP contribution in [0, 0.1) is 17.8 Å². The summed E-state index contributed by atoms with van der Waals surface area (Å²) in [7, 11) is 3.88. The molecule has 0 bridgehead atoms. The smallest absolute Gasteiger partial charge is 0.0832 e. The molecule has 2 unspecified atom stereocenters. The zero-order chi connectivity index (χ0) is 8.97. The van der Waals surface area contributed by atoms with Crippen molar-refractivity contribution in [3.05, 3.63) is 0 Å². The number of hydrogen-bond donors (Lipinski definition) is 0. The van der Waals surface area contributed by atoms with Gasteiger partial charge in [-0.25, -0.2) is 0 Å².